The van der Waals surface area contributed by atoms with Crippen molar-refractivity contribution in [2.75, 3.05) is 5.32 Å². The molecule has 5 nitrogen and oxygen atoms in total. The Bertz CT molecular complexity index is 1310. The number of benzene rings is 3. The zero-order chi connectivity index (χ0) is 23.4. The van der Waals surface area contributed by atoms with Gasteiger partial charge >= 0.3 is 0 Å². The van der Waals surface area contributed by atoms with Gasteiger partial charge in [-0.05, 0) is 53.6 Å². The SMILES string of the molecule is O=C(Nc1nn(Cc2ccc(Cl)cc2Cl)cc1Cl)c1cccc(COc2cccc(Br)c2)c1. The van der Waals surface area contributed by atoms with Crippen LogP contribution in [0, 0.1) is 0 Å². The van der Waals surface area contributed by atoms with E-state index in [1.807, 2.05) is 36.4 Å². The lowest BCUT2D eigenvalue weighted by atomic mass is 10.1. The van der Waals surface area contributed by atoms with Crippen molar-refractivity contribution in [1.29, 1.82) is 0 Å². The first-order chi connectivity index (χ1) is 15.9. The minimum atomic E-state index is -0.323. The average molecular weight is 566 g/mol. The lowest BCUT2D eigenvalue weighted by Crippen LogP contribution is -2.13. The van der Waals surface area contributed by atoms with Crippen LogP contribution in [0.4, 0.5) is 5.82 Å². The quantitative estimate of drug-likeness (QED) is 0.253. The summed E-state index contributed by atoms with van der Waals surface area (Å²) in [5.74, 6) is 0.677. The number of rotatable bonds is 7. The third-order valence-corrected chi connectivity index (χ3v) is 6.04. The highest BCUT2D eigenvalue weighted by Gasteiger charge is 2.14. The number of ether oxygens (including phenoxy) is 1. The predicted molar refractivity (Wildman–Crippen MR) is 136 cm³/mol. The van der Waals surface area contributed by atoms with E-state index in [1.54, 1.807) is 41.2 Å². The van der Waals surface area contributed by atoms with Crippen molar-refractivity contribution >= 4 is 62.5 Å². The maximum atomic E-state index is 12.8. The summed E-state index contributed by atoms with van der Waals surface area (Å²) in [5, 5.41) is 8.54. The van der Waals surface area contributed by atoms with Gasteiger partial charge in [0, 0.05) is 26.3 Å². The maximum Gasteiger partial charge on any atom is 0.256 e. The Morgan fingerprint density at radius 2 is 1.82 bits per heavy atom. The number of hydrogen-bond donors (Lipinski definition) is 1. The van der Waals surface area contributed by atoms with Crippen molar-refractivity contribution in [3.8, 4) is 5.75 Å². The molecule has 4 rings (SSSR count). The first kappa shape index (κ1) is 23.6. The Balaban J connectivity index is 1.42. The molecule has 1 heterocycles. The third-order valence-electron chi connectivity index (χ3n) is 4.69. The molecule has 0 atom stereocenters. The summed E-state index contributed by atoms with van der Waals surface area (Å²) >= 11 is 21.9. The predicted octanol–water partition coefficient (Wildman–Crippen LogP) is 7.49. The number of aromatic nitrogens is 2. The van der Waals surface area contributed by atoms with Gasteiger partial charge in [-0.15, -0.1) is 0 Å². The van der Waals surface area contributed by atoms with E-state index in [-0.39, 0.29) is 11.7 Å². The normalized spacial score (nSPS) is 10.8. The zero-order valence-electron chi connectivity index (χ0n) is 17.1. The van der Waals surface area contributed by atoms with Gasteiger partial charge in [-0.1, -0.05) is 75.0 Å². The molecule has 4 aromatic rings. The topological polar surface area (TPSA) is 56.2 Å². The van der Waals surface area contributed by atoms with E-state index in [0.29, 0.717) is 33.8 Å². The number of carbonyl (C=O) groups is 1. The summed E-state index contributed by atoms with van der Waals surface area (Å²) in [6.07, 6.45) is 1.63. The highest BCUT2D eigenvalue weighted by molar-refractivity contribution is 9.10. The molecule has 0 saturated carbocycles. The number of halogens is 4. The molecule has 168 valence electrons. The molecular formula is C24H17BrCl3N3O2. The minimum absolute atomic E-state index is 0.266. The van der Waals surface area contributed by atoms with Crippen LogP contribution in [0.5, 0.6) is 5.75 Å². The van der Waals surface area contributed by atoms with Gasteiger partial charge in [-0.3, -0.25) is 9.48 Å². The molecule has 1 aromatic heterocycles. The summed E-state index contributed by atoms with van der Waals surface area (Å²) in [6.45, 7) is 0.711. The Morgan fingerprint density at radius 3 is 2.61 bits per heavy atom. The third kappa shape index (κ3) is 6.30. The van der Waals surface area contributed by atoms with Gasteiger partial charge in [0.1, 0.15) is 17.4 Å². The molecule has 0 saturated heterocycles. The lowest BCUT2D eigenvalue weighted by Gasteiger charge is -2.08. The van der Waals surface area contributed by atoms with E-state index < -0.39 is 0 Å². The highest BCUT2D eigenvalue weighted by atomic mass is 79.9. The minimum Gasteiger partial charge on any atom is -0.489 e. The van der Waals surface area contributed by atoms with Gasteiger partial charge in [0.05, 0.1) is 6.54 Å². The average Bonchev–Trinajstić information content (AvgIpc) is 3.13. The monoisotopic (exact) mass is 563 g/mol. The summed E-state index contributed by atoms with van der Waals surface area (Å²) in [4.78, 5) is 12.8. The Labute approximate surface area is 214 Å². The smallest absolute Gasteiger partial charge is 0.256 e. The van der Waals surface area contributed by atoms with E-state index in [1.165, 1.54) is 0 Å². The lowest BCUT2D eigenvalue weighted by molar-refractivity contribution is 0.102. The van der Waals surface area contributed by atoms with Gasteiger partial charge in [0.2, 0.25) is 0 Å². The number of anilines is 1. The second kappa shape index (κ2) is 10.6. The van der Waals surface area contributed by atoms with E-state index in [4.69, 9.17) is 39.5 Å². The zero-order valence-corrected chi connectivity index (χ0v) is 20.9. The molecular weight excluding hydrogens is 549 g/mol. The van der Waals surface area contributed by atoms with Crippen LogP contribution in [0.1, 0.15) is 21.5 Å². The molecule has 0 aliphatic heterocycles. The number of hydrogen-bond acceptors (Lipinski definition) is 3. The van der Waals surface area contributed by atoms with Gasteiger partial charge in [-0.25, -0.2) is 0 Å². The van der Waals surface area contributed by atoms with Gasteiger partial charge < -0.3 is 10.1 Å². The van der Waals surface area contributed by atoms with Crippen LogP contribution in [0.3, 0.4) is 0 Å². The van der Waals surface area contributed by atoms with Crippen LogP contribution in [-0.2, 0) is 13.2 Å². The summed E-state index contributed by atoms with van der Waals surface area (Å²) in [6, 6.07) is 20.0. The molecule has 0 radical (unpaired) electrons. The van der Waals surface area contributed by atoms with Crippen LogP contribution < -0.4 is 10.1 Å². The standard InChI is InChI=1S/C24H17BrCl3N3O2/c25-18-5-2-6-20(10-18)33-14-15-3-1-4-16(9-15)24(32)29-23-22(28)13-31(30-23)12-17-7-8-19(26)11-21(17)27/h1-11,13H,12,14H2,(H,29,30,32). The van der Waals surface area contributed by atoms with Crippen molar-refractivity contribution in [3.63, 3.8) is 0 Å². The first-order valence-electron chi connectivity index (χ1n) is 9.83. The van der Waals surface area contributed by atoms with Crippen LogP contribution in [-0.4, -0.2) is 15.7 Å². The molecule has 3 aromatic carbocycles. The molecule has 1 amide bonds. The van der Waals surface area contributed by atoms with Crippen molar-refractivity contribution < 1.29 is 9.53 Å². The van der Waals surface area contributed by atoms with E-state index in [0.717, 1.165) is 21.3 Å². The number of nitrogens with zero attached hydrogens (tertiary/aromatic N) is 2. The number of nitrogens with one attached hydrogen (secondary N) is 1. The van der Waals surface area contributed by atoms with Crippen molar-refractivity contribution in [3.05, 3.63) is 109 Å². The second-order valence-corrected chi connectivity index (χ2v) is 9.33. The maximum absolute atomic E-state index is 12.8. The van der Waals surface area contributed by atoms with Gasteiger partial charge in [0.25, 0.3) is 5.91 Å². The molecule has 9 heteroatoms. The highest BCUT2D eigenvalue weighted by Crippen LogP contribution is 2.25. The van der Waals surface area contributed by atoms with Crippen LogP contribution in [0.25, 0.3) is 0 Å². The van der Waals surface area contributed by atoms with Gasteiger partial charge in [0.15, 0.2) is 5.82 Å². The first-order valence-corrected chi connectivity index (χ1v) is 11.8. The van der Waals surface area contributed by atoms with Gasteiger partial charge in [-0.2, -0.15) is 5.10 Å². The summed E-state index contributed by atoms with van der Waals surface area (Å²) in [7, 11) is 0. The van der Waals surface area contributed by atoms with Crippen molar-refractivity contribution in [1.82, 2.24) is 9.78 Å². The largest absolute Gasteiger partial charge is 0.489 e. The molecule has 1 N–H and O–H groups in total. The van der Waals surface area contributed by atoms with E-state index >= 15 is 0 Å². The van der Waals surface area contributed by atoms with Crippen LogP contribution >= 0.6 is 50.7 Å². The number of amides is 1. The van der Waals surface area contributed by atoms with Crippen LogP contribution in [0.15, 0.2) is 77.4 Å². The Hall–Kier alpha value is -2.51. The van der Waals surface area contributed by atoms with E-state index in [2.05, 4.69) is 26.3 Å². The van der Waals surface area contributed by atoms with Crippen molar-refractivity contribution in [2.24, 2.45) is 0 Å². The fourth-order valence-corrected chi connectivity index (χ4v) is 4.14. The fraction of sp³-hybridized carbons (Fsp3) is 0.0833. The summed E-state index contributed by atoms with van der Waals surface area (Å²) in [5.41, 5.74) is 2.16. The summed E-state index contributed by atoms with van der Waals surface area (Å²) < 4.78 is 8.34. The molecule has 0 aliphatic carbocycles. The number of carbonyl (C=O) groups excluding carboxylic acids is 1. The second-order valence-electron chi connectivity index (χ2n) is 7.16. The molecule has 0 bridgehead atoms. The van der Waals surface area contributed by atoms with Crippen molar-refractivity contribution in [2.45, 2.75) is 13.2 Å². The molecule has 0 unspecified atom stereocenters. The molecule has 33 heavy (non-hydrogen) atoms. The fourth-order valence-electron chi connectivity index (χ4n) is 3.09. The Kier molecular flexibility index (Phi) is 7.60. The molecule has 0 spiro atoms. The molecule has 0 fully saturated rings. The molecule has 0 aliphatic rings. The van der Waals surface area contributed by atoms with Crippen LogP contribution in [0.2, 0.25) is 15.1 Å². The Morgan fingerprint density at radius 1 is 1.00 bits per heavy atom. The van der Waals surface area contributed by atoms with E-state index in [9.17, 15) is 4.79 Å².